The highest BCUT2D eigenvalue weighted by Crippen LogP contribution is 2.20. The van der Waals surface area contributed by atoms with Crippen molar-refractivity contribution in [3.8, 4) is 11.1 Å². The van der Waals surface area contributed by atoms with Crippen LogP contribution in [0, 0.1) is 5.41 Å². The molecule has 0 amide bonds. The third-order valence-corrected chi connectivity index (χ3v) is 2.63. The molecule has 0 heterocycles. The summed E-state index contributed by atoms with van der Waals surface area (Å²) in [6.07, 6.45) is 3.16. The Hall–Kier alpha value is -2.48. The van der Waals surface area contributed by atoms with E-state index < -0.39 is 0 Å². The van der Waals surface area contributed by atoms with Crippen molar-refractivity contribution in [2.75, 3.05) is 0 Å². The first-order chi connectivity index (χ1) is 8.81. The lowest BCUT2D eigenvalue weighted by Crippen LogP contribution is -1.94. The van der Waals surface area contributed by atoms with E-state index in [0.717, 1.165) is 16.7 Å². The fourth-order valence-electron chi connectivity index (χ4n) is 1.72. The molecule has 0 aliphatic heterocycles. The van der Waals surface area contributed by atoms with E-state index in [4.69, 9.17) is 5.41 Å². The zero-order chi connectivity index (χ0) is 12.8. The predicted molar refractivity (Wildman–Crippen MR) is 77.4 cm³/mol. The molecule has 2 nitrogen and oxygen atoms in total. The van der Waals surface area contributed by atoms with Crippen LogP contribution in [0.2, 0.25) is 0 Å². The van der Waals surface area contributed by atoms with Crippen molar-refractivity contribution in [2.24, 2.45) is 4.99 Å². The summed E-state index contributed by atoms with van der Waals surface area (Å²) in [6.45, 7) is 3.36. The second-order valence-electron chi connectivity index (χ2n) is 3.86. The van der Waals surface area contributed by atoms with Gasteiger partial charge in [0.2, 0.25) is 0 Å². The van der Waals surface area contributed by atoms with Gasteiger partial charge in [0.05, 0.1) is 5.71 Å². The fraction of sp³-hybridized carbons (Fsp3) is 0. The van der Waals surface area contributed by atoms with E-state index in [9.17, 15) is 0 Å². The highest BCUT2D eigenvalue weighted by atomic mass is 14.6. The first kappa shape index (κ1) is 12.0. The van der Waals surface area contributed by atoms with Crippen molar-refractivity contribution < 1.29 is 0 Å². The van der Waals surface area contributed by atoms with E-state index in [1.165, 1.54) is 6.20 Å². The highest BCUT2D eigenvalue weighted by Gasteiger charge is 2.01. The number of rotatable bonds is 4. The summed E-state index contributed by atoms with van der Waals surface area (Å²) in [6, 6.07) is 18.1. The molecule has 0 aliphatic carbocycles. The van der Waals surface area contributed by atoms with Gasteiger partial charge in [0.25, 0.3) is 0 Å². The van der Waals surface area contributed by atoms with Crippen LogP contribution >= 0.6 is 0 Å². The quantitative estimate of drug-likeness (QED) is 0.778. The van der Waals surface area contributed by atoms with E-state index in [0.29, 0.717) is 5.71 Å². The van der Waals surface area contributed by atoms with Gasteiger partial charge in [-0.25, -0.2) is 0 Å². The molecule has 2 aromatic rings. The fourth-order valence-corrected chi connectivity index (χ4v) is 1.72. The molecular formula is C16H14N2. The Morgan fingerprint density at radius 1 is 1.00 bits per heavy atom. The molecule has 0 saturated heterocycles. The molecule has 2 rings (SSSR count). The Labute approximate surface area is 107 Å². The molecule has 2 aromatic carbocycles. The van der Waals surface area contributed by atoms with E-state index in [2.05, 4.69) is 23.8 Å². The standard InChI is InChI=1S/C16H14N2/c1-18-11-10-16(17)15-9-5-8-14(12-15)13-6-3-2-4-7-13/h2-12,17H,1H2/b11-10-,17-16?. The SMILES string of the molecule is C=N/C=C\C(=N)c1cccc(-c2ccccc2)c1. The Bertz CT molecular complexity index is 583. The highest BCUT2D eigenvalue weighted by molar-refractivity contribution is 6.07. The van der Waals surface area contributed by atoms with Gasteiger partial charge in [-0.2, -0.15) is 0 Å². The molecule has 0 spiro atoms. The zero-order valence-corrected chi connectivity index (χ0v) is 10.0. The summed E-state index contributed by atoms with van der Waals surface area (Å²) >= 11 is 0. The molecule has 1 N–H and O–H groups in total. The number of hydrogen-bond donors (Lipinski definition) is 1. The predicted octanol–water partition coefficient (Wildman–Crippen LogP) is 3.94. The second kappa shape index (κ2) is 5.73. The Balaban J connectivity index is 2.34. The van der Waals surface area contributed by atoms with Crippen LogP contribution in [0.15, 0.2) is 71.9 Å². The van der Waals surface area contributed by atoms with Crippen LogP contribution in [0.3, 0.4) is 0 Å². The minimum Gasteiger partial charge on any atom is -0.300 e. The molecule has 0 aliphatic rings. The lowest BCUT2D eigenvalue weighted by molar-refractivity contribution is 1.48. The van der Waals surface area contributed by atoms with Crippen molar-refractivity contribution in [3.05, 3.63) is 72.4 Å². The summed E-state index contributed by atoms with van der Waals surface area (Å²) < 4.78 is 0. The smallest absolute Gasteiger partial charge is 0.0627 e. The summed E-state index contributed by atoms with van der Waals surface area (Å²) in [4.78, 5) is 3.61. The molecule has 0 unspecified atom stereocenters. The lowest BCUT2D eigenvalue weighted by atomic mass is 10.0. The van der Waals surface area contributed by atoms with Gasteiger partial charge in [-0.05, 0) is 30.0 Å². The summed E-state index contributed by atoms with van der Waals surface area (Å²) in [5, 5.41) is 7.92. The maximum Gasteiger partial charge on any atom is 0.0627 e. The second-order valence-corrected chi connectivity index (χ2v) is 3.86. The number of nitrogens with zero attached hydrogens (tertiary/aromatic N) is 1. The average molecular weight is 234 g/mol. The van der Waals surface area contributed by atoms with Gasteiger partial charge in [0.15, 0.2) is 0 Å². The summed E-state index contributed by atoms with van der Waals surface area (Å²) in [7, 11) is 0. The lowest BCUT2D eigenvalue weighted by Gasteiger charge is -2.04. The molecule has 0 saturated carbocycles. The van der Waals surface area contributed by atoms with E-state index in [1.54, 1.807) is 6.08 Å². The van der Waals surface area contributed by atoms with E-state index in [-0.39, 0.29) is 0 Å². The molecule has 0 atom stereocenters. The van der Waals surface area contributed by atoms with Gasteiger partial charge in [-0.3, -0.25) is 4.99 Å². The summed E-state index contributed by atoms with van der Waals surface area (Å²) in [5.74, 6) is 0. The molecule has 0 bridgehead atoms. The minimum atomic E-state index is 0.431. The molecule has 0 aromatic heterocycles. The number of allylic oxidation sites excluding steroid dienone is 1. The normalized spacial score (nSPS) is 10.4. The monoisotopic (exact) mass is 234 g/mol. The maximum absolute atomic E-state index is 7.92. The Kier molecular flexibility index (Phi) is 3.82. The molecule has 2 heteroatoms. The molecular weight excluding hydrogens is 220 g/mol. The van der Waals surface area contributed by atoms with Crippen LogP contribution in [0.5, 0.6) is 0 Å². The summed E-state index contributed by atoms with van der Waals surface area (Å²) in [5.41, 5.74) is 3.56. The van der Waals surface area contributed by atoms with Gasteiger partial charge in [-0.1, -0.05) is 48.5 Å². The van der Waals surface area contributed by atoms with Crippen molar-refractivity contribution in [1.29, 1.82) is 5.41 Å². The number of nitrogens with one attached hydrogen (secondary N) is 1. The van der Waals surface area contributed by atoms with E-state index >= 15 is 0 Å². The topological polar surface area (TPSA) is 36.2 Å². The molecule has 0 fully saturated rings. The first-order valence-electron chi connectivity index (χ1n) is 5.68. The van der Waals surface area contributed by atoms with Crippen LogP contribution in [-0.4, -0.2) is 12.4 Å². The number of aliphatic imine (C=N–C) groups is 1. The third kappa shape index (κ3) is 2.80. The maximum atomic E-state index is 7.92. The van der Waals surface area contributed by atoms with Crippen LogP contribution in [-0.2, 0) is 0 Å². The van der Waals surface area contributed by atoms with Gasteiger partial charge in [-0.15, -0.1) is 0 Å². The van der Waals surface area contributed by atoms with Crippen LogP contribution in [0.4, 0.5) is 0 Å². The van der Waals surface area contributed by atoms with Crippen LogP contribution < -0.4 is 0 Å². The van der Waals surface area contributed by atoms with Gasteiger partial charge >= 0.3 is 0 Å². The Morgan fingerprint density at radius 3 is 2.44 bits per heavy atom. The largest absolute Gasteiger partial charge is 0.300 e. The number of benzene rings is 2. The van der Waals surface area contributed by atoms with Gasteiger partial charge in [0, 0.05) is 11.8 Å². The Morgan fingerprint density at radius 2 is 1.72 bits per heavy atom. The number of hydrogen-bond acceptors (Lipinski definition) is 2. The van der Waals surface area contributed by atoms with Crippen molar-refractivity contribution >= 4 is 12.4 Å². The van der Waals surface area contributed by atoms with Gasteiger partial charge < -0.3 is 5.41 Å². The average Bonchev–Trinajstić information content (AvgIpc) is 2.46. The zero-order valence-electron chi connectivity index (χ0n) is 10.0. The van der Waals surface area contributed by atoms with E-state index in [1.807, 2.05) is 42.5 Å². The van der Waals surface area contributed by atoms with Crippen molar-refractivity contribution in [3.63, 3.8) is 0 Å². The first-order valence-corrected chi connectivity index (χ1v) is 5.68. The van der Waals surface area contributed by atoms with Crippen molar-refractivity contribution in [1.82, 2.24) is 0 Å². The minimum absolute atomic E-state index is 0.431. The molecule has 0 radical (unpaired) electrons. The van der Waals surface area contributed by atoms with Crippen LogP contribution in [0.25, 0.3) is 11.1 Å². The molecule has 18 heavy (non-hydrogen) atoms. The van der Waals surface area contributed by atoms with Gasteiger partial charge in [0.1, 0.15) is 0 Å². The third-order valence-electron chi connectivity index (χ3n) is 2.63. The van der Waals surface area contributed by atoms with Crippen LogP contribution in [0.1, 0.15) is 5.56 Å². The van der Waals surface area contributed by atoms with Crippen molar-refractivity contribution in [2.45, 2.75) is 0 Å². The molecule has 88 valence electrons.